The van der Waals surface area contributed by atoms with Crippen LogP contribution in [0, 0.1) is 11.6 Å². The maximum absolute atomic E-state index is 13.6. The Kier molecular flexibility index (Phi) is 4.73. The second-order valence-corrected chi connectivity index (χ2v) is 3.41. The number of hydrogen-bond acceptors (Lipinski definition) is 4. The van der Waals surface area contributed by atoms with Gasteiger partial charge in [-0.15, -0.1) is 0 Å². The quantitative estimate of drug-likeness (QED) is 0.361. The van der Waals surface area contributed by atoms with Gasteiger partial charge < -0.3 is 10.2 Å². The monoisotopic (exact) mass is 257 g/mol. The van der Waals surface area contributed by atoms with E-state index in [4.69, 9.17) is 5.53 Å². The van der Waals surface area contributed by atoms with Gasteiger partial charge in [-0.1, -0.05) is 11.2 Å². The molecule has 2 unspecified atom stereocenters. The number of hydrogen-bond donors (Lipinski definition) is 2. The number of aliphatic hydroxyl groups is 2. The van der Waals surface area contributed by atoms with Crippen molar-refractivity contribution in [1.82, 2.24) is 0 Å². The summed E-state index contributed by atoms with van der Waals surface area (Å²) in [5.41, 5.74) is 6.76. The lowest BCUT2D eigenvalue weighted by molar-refractivity contribution is 0.0221. The lowest BCUT2D eigenvalue weighted by Crippen LogP contribution is -2.22. The molecule has 2 N–H and O–H groups in total. The lowest BCUT2D eigenvalue weighted by Gasteiger charge is -2.17. The Bertz CT molecular complexity index is 503. The molecule has 0 bridgehead atoms. The number of halogens is 2. The molecule has 0 saturated heterocycles. The van der Waals surface area contributed by atoms with Crippen LogP contribution in [0.5, 0.6) is 0 Å². The van der Waals surface area contributed by atoms with E-state index in [-0.39, 0.29) is 6.29 Å². The summed E-state index contributed by atoms with van der Waals surface area (Å²) in [6.45, 7) is -0.481. The molecule has 1 aromatic carbocycles. The zero-order valence-corrected chi connectivity index (χ0v) is 8.99. The molecule has 0 saturated carbocycles. The van der Waals surface area contributed by atoms with Crippen molar-refractivity contribution in [1.29, 1.82) is 0 Å². The van der Waals surface area contributed by atoms with Gasteiger partial charge in [0.15, 0.2) is 6.29 Å². The van der Waals surface area contributed by atoms with Gasteiger partial charge in [-0.25, -0.2) is 8.78 Å². The van der Waals surface area contributed by atoms with Crippen LogP contribution in [0.3, 0.4) is 0 Å². The molecule has 96 valence electrons. The van der Waals surface area contributed by atoms with E-state index in [1.54, 1.807) is 0 Å². The Balaban J connectivity index is 3.09. The minimum absolute atomic E-state index is 0.0271. The molecule has 0 aliphatic carbocycles. The van der Waals surface area contributed by atoms with Crippen LogP contribution in [0.15, 0.2) is 17.2 Å². The van der Waals surface area contributed by atoms with Gasteiger partial charge in [-0.3, -0.25) is 4.79 Å². The van der Waals surface area contributed by atoms with Crippen molar-refractivity contribution in [3.63, 3.8) is 0 Å². The maximum atomic E-state index is 13.6. The molecule has 18 heavy (non-hydrogen) atoms. The van der Waals surface area contributed by atoms with Crippen molar-refractivity contribution >= 4 is 6.29 Å². The minimum Gasteiger partial charge on any atom is -0.390 e. The number of carbonyl (C=O) groups is 1. The average molecular weight is 257 g/mol. The molecular formula is C10H9F2N3O3. The van der Waals surface area contributed by atoms with Gasteiger partial charge in [-0.05, 0) is 11.6 Å². The molecule has 6 nitrogen and oxygen atoms in total. The normalized spacial score (nSPS) is 13.6. The first-order valence-electron chi connectivity index (χ1n) is 4.83. The fourth-order valence-electron chi connectivity index (χ4n) is 1.35. The van der Waals surface area contributed by atoms with Gasteiger partial charge >= 0.3 is 0 Å². The fourth-order valence-corrected chi connectivity index (χ4v) is 1.35. The number of aliphatic hydroxyl groups excluding tert-OH is 2. The largest absolute Gasteiger partial charge is 0.390 e. The van der Waals surface area contributed by atoms with Crippen LogP contribution in [-0.4, -0.2) is 29.1 Å². The summed E-state index contributed by atoms with van der Waals surface area (Å²) in [7, 11) is 0. The zero-order chi connectivity index (χ0) is 13.7. The Labute approximate surface area is 100 Å². The molecule has 0 amide bonds. The van der Waals surface area contributed by atoms with Crippen LogP contribution < -0.4 is 0 Å². The third kappa shape index (κ3) is 2.80. The smallest absolute Gasteiger partial charge is 0.155 e. The third-order valence-electron chi connectivity index (χ3n) is 2.29. The standard InChI is InChI=1S/C10H9F2N3O3/c11-7-2-1-5(9(12)6(7)4-16)10(18)8(17)3-14-15-13/h1-2,4,8,10,17-18H,3H2. The summed E-state index contributed by atoms with van der Waals surface area (Å²) in [6.07, 6.45) is -3.31. The highest BCUT2D eigenvalue weighted by Gasteiger charge is 2.24. The fraction of sp³-hybridized carbons (Fsp3) is 0.300. The van der Waals surface area contributed by atoms with Crippen molar-refractivity contribution in [3.8, 4) is 0 Å². The van der Waals surface area contributed by atoms with Crippen LogP contribution in [0.1, 0.15) is 22.0 Å². The second-order valence-electron chi connectivity index (χ2n) is 3.41. The summed E-state index contributed by atoms with van der Waals surface area (Å²) in [5.74, 6) is -2.32. The molecular weight excluding hydrogens is 248 g/mol. The zero-order valence-electron chi connectivity index (χ0n) is 8.99. The molecule has 1 aromatic rings. The van der Waals surface area contributed by atoms with E-state index < -0.39 is 41.5 Å². The van der Waals surface area contributed by atoms with E-state index in [9.17, 15) is 23.8 Å². The molecule has 0 aliphatic rings. The van der Waals surface area contributed by atoms with Gasteiger partial charge in [0.25, 0.3) is 0 Å². The Morgan fingerprint density at radius 1 is 1.44 bits per heavy atom. The van der Waals surface area contributed by atoms with Gasteiger partial charge in [0, 0.05) is 10.5 Å². The molecule has 0 radical (unpaired) electrons. The SMILES string of the molecule is [N-]=[N+]=NCC(O)C(O)c1ccc(F)c(C=O)c1F. The van der Waals surface area contributed by atoms with Crippen LogP contribution in [0.2, 0.25) is 0 Å². The van der Waals surface area contributed by atoms with Gasteiger partial charge in [0.1, 0.15) is 17.7 Å². The molecule has 0 fully saturated rings. The van der Waals surface area contributed by atoms with Crippen LogP contribution >= 0.6 is 0 Å². The number of carbonyl (C=O) groups excluding carboxylic acids is 1. The van der Waals surface area contributed by atoms with E-state index >= 15 is 0 Å². The summed E-state index contributed by atoms with van der Waals surface area (Å²) in [6, 6.07) is 1.70. The van der Waals surface area contributed by atoms with E-state index in [1.807, 2.05) is 0 Å². The van der Waals surface area contributed by atoms with Crippen LogP contribution in [0.25, 0.3) is 10.4 Å². The van der Waals surface area contributed by atoms with Crippen molar-refractivity contribution in [2.24, 2.45) is 5.11 Å². The summed E-state index contributed by atoms with van der Waals surface area (Å²) >= 11 is 0. The third-order valence-corrected chi connectivity index (χ3v) is 2.29. The molecule has 0 spiro atoms. The highest BCUT2D eigenvalue weighted by Crippen LogP contribution is 2.24. The Hall–Kier alpha value is -2.02. The second kappa shape index (κ2) is 6.06. The lowest BCUT2D eigenvalue weighted by atomic mass is 10.0. The Morgan fingerprint density at radius 3 is 2.67 bits per heavy atom. The predicted molar refractivity (Wildman–Crippen MR) is 56.7 cm³/mol. The van der Waals surface area contributed by atoms with E-state index in [0.29, 0.717) is 0 Å². The molecule has 0 heterocycles. The topological polar surface area (TPSA) is 106 Å². The number of azide groups is 1. The van der Waals surface area contributed by atoms with Crippen LogP contribution in [-0.2, 0) is 0 Å². The van der Waals surface area contributed by atoms with E-state index in [2.05, 4.69) is 10.0 Å². The van der Waals surface area contributed by atoms with Crippen molar-refractivity contribution in [2.75, 3.05) is 6.54 Å². The van der Waals surface area contributed by atoms with Crippen molar-refractivity contribution < 1.29 is 23.8 Å². The first kappa shape index (κ1) is 14.0. The molecule has 0 aliphatic heterocycles. The van der Waals surface area contributed by atoms with E-state index in [0.717, 1.165) is 12.1 Å². The number of nitrogens with zero attached hydrogens (tertiary/aromatic N) is 3. The summed E-state index contributed by atoms with van der Waals surface area (Å²) < 4.78 is 26.6. The Morgan fingerprint density at radius 2 is 2.11 bits per heavy atom. The molecule has 8 heteroatoms. The molecule has 0 aromatic heterocycles. The van der Waals surface area contributed by atoms with Crippen molar-refractivity contribution in [2.45, 2.75) is 12.2 Å². The number of aldehydes is 1. The molecule has 2 atom stereocenters. The maximum Gasteiger partial charge on any atom is 0.155 e. The van der Waals surface area contributed by atoms with Gasteiger partial charge in [0.2, 0.25) is 0 Å². The predicted octanol–water partition coefficient (Wildman–Crippen LogP) is 1.48. The first-order chi connectivity index (χ1) is 8.52. The summed E-state index contributed by atoms with van der Waals surface area (Å²) in [5, 5.41) is 22.0. The number of rotatable bonds is 5. The van der Waals surface area contributed by atoms with Crippen molar-refractivity contribution in [3.05, 3.63) is 45.3 Å². The average Bonchev–Trinajstić information content (AvgIpc) is 2.36. The van der Waals surface area contributed by atoms with Gasteiger partial charge in [0.05, 0.1) is 18.2 Å². The van der Waals surface area contributed by atoms with Crippen LogP contribution in [0.4, 0.5) is 8.78 Å². The minimum atomic E-state index is -1.73. The highest BCUT2D eigenvalue weighted by molar-refractivity contribution is 5.76. The summed E-state index contributed by atoms with van der Waals surface area (Å²) in [4.78, 5) is 12.8. The van der Waals surface area contributed by atoms with E-state index in [1.165, 1.54) is 0 Å². The highest BCUT2D eigenvalue weighted by atomic mass is 19.1. The number of benzene rings is 1. The van der Waals surface area contributed by atoms with Gasteiger partial charge in [-0.2, -0.15) is 0 Å². The molecule has 1 rings (SSSR count). The first-order valence-corrected chi connectivity index (χ1v) is 4.83.